The zero-order valence-electron chi connectivity index (χ0n) is 12.8. The van der Waals surface area contributed by atoms with Crippen molar-refractivity contribution in [2.45, 2.75) is 32.8 Å². The van der Waals surface area contributed by atoms with Gasteiger partial charge in [-0.25, -0.2) is 4.79 Å². The predicted octanol–water partition coefficient (Wildman–Crippen LogP) is 2.15. The second-order valence-electron chi connectivity index (χ2n) is 4.04. The smallest absolute Gasteiger partial charge is 0.333 e. The van der Waals surface area contributed by atoms with Crippen molar-refractivity contribution in [3.8, 4) is 23.7 Å². The molecule has 0 aliphatic carbocycles. The Morgan fingerprint density at radius 2 is 1.90 bits per heavy atom. The van der Waals surface area contributed by atoms with Gasteiger partial charge in [0.2, 0.25) is 0 Å². The van der Waals surface area contributed by atoms with E-state index in [-0.39, 0.29) is 5.92 Å². The molecule has 2 atom stereocenters. The van der Waals surface area contributed by atoms with E-state index < -0.39 is 12.1 Å². The summed E-state index contributed by atoms with van der Waals surface area (Å²) in [5, 5.41) is 0. The van der Waals surface area contributed by atoms with E-state index in [4.69, 9.17) is 9.47 Å². The minimum atomic E-state index is -0.473. The van der Waals surface area contributed by atoms with E-state index in [1.807, 2.05) is 6.92 Å². The maximum absolute atomic E-state index is 11.3. The fraction of sp³-hybridized carbons (Fsp3) is 0.562. The summed E-state index contributed by atoms with van der Waals surface area (Å²) in [5.41, 5.74) is 0. The van der Waals surface area contributed by atoms with Crippen LogP contribution in [0, 0.1) is 29.6 Å². The van der Waals surface area contributed by atoms with Crippen LogP contribution in [-0.2, 0) is 19.0 Å². The Hall–Kier alpha value is -1.91. The van der Waals surface area contributed by atoms with Crippen LogP contribution >= 0.6 is 0 Å². The first-order valence-corrected chi connectivity index (χ1v) is 6.45. The van der Waals surface area contributed by atoms with Gasteiger partial charge in [0.15, 0.2) is 0 Å². The van der Waals surface area contributed by atoms with Crippen LogP contribution < -0.4 is 0 Å². The van der Waals surface area contributed by atoms with Crippen LogP contribution in [0.1, 0.15) is 26.7 Å². The molecule has 0 aliphatic rings. The van der Waals surface area contributed by atoms with Gasteiger partial charge < -0.3 is 14.2 Å². The van der Waals surface area contributed by atoms with E-state index in [1.165, 1.54) is 20.3 Å². The number of methoxy groups -OCH3 is 3. The first-order valence-electron chi connectivity index (χ1n) is 6.45. The molecule has 0 saturated carbocycles. The molecule has 0 fully saturated rings. The lowest BCUT2D eigenvalue weighted by molar-refractivity contribution is -0.135. The molecule has 0 spiro atoms. The third-order valence-electron chi connectivity index (χ3n) is 2.59. The molecule has 20 heavy (non-hydrogen) atoms. The lowest BCUT2D eigenvalue weighted by Gasteiger charge is -2.19. The number of esters is 1. The molecule has 4 nitrogen and oxygen atoms in total. The summed E-state index contributed by atoms with van der Waals surface area (Å²) in [5.74, 6) is 11.2. The molecule has 0 amide bonds. The highest BCUT2D eigenvalue weighted by Crippen LogP contribution is 2.17. The quantitative estimate of drug-likeness (QED) is 0.323. The molecule has 0 N–H and O–H groups in total. The normalized spacial score (nSPS) is 13.2. The average Bonchev–Trinajstić information content (AvgIpc) is 2.47. The SMILES string of the molecule is CCCC#CC#C[C@H](OC)[C@@H](C)/C(=C\C(=O)OC)OC. The number of carbonyl (C=O) groups excluding carboxylic acids is 1. The van der Waals surface area contributed by atoms with Crippen LogP contribution in [0.25, 0.3) is 0 Å². The molecule has 0 aromatic carbocycles. The van der Waals surface area contributed by atoms with Crippen molar-refractivity contribution < 1.29 is 19.0 Å². The Bertz CT molecular complexity index is 443. The summed E-state index contributed by atoms with van der Waals surface area (Å²) in [7, 11) is 4.36. The van der Waals surface area contributed by atoms with Gasteiger partial charge in [-0.3, -0.25) is 0 Å². The molecule has 0 aliphatic heterocycles. The van der Waals surface area contributed by atoms with Crippen LogP contribution in [-0.4, -0.2) is 33.4 Å². The molecule has 0 rings (SSSR count). The number of rotatable bonds is 6. The number of ether oxygens (including phenoxy) is 3. The summed E-state index contributed by atoms with van der Waals surface area (Å²) < 4.78 is 15.1. The molecule has 0 saturated heterocycles. The monoisotopic (exact) mass is 278 g/mol. The second-order valence-corrected chi connectivity index (χ2v) is 4.04. The fourth-order valence-corrected chi connectivity index (χ4v) is 1.43. The van der Waals surface area contributed by atoms with E-state index in [2.05, 4.69) is 35.3 Å². The number of carbonyl (C=O) groups is 1. The number of hydrogen-bond acceptors (Lipinski definition) is 4. The number of unbranched alkanes of at least 4 members (excludes halogenated alkanes) is 1. The van der Waals surface area contributed by atoms with Gasteiger partial charge in [-0.05, 0) is 18.3 Å². The maximum atomic E-state index is 11.3. The maximum Gasteiger partial charge on any atom is 0.333 e. The summed E-state index contributed by atoms with van der Waals surface area (Å²) >= 11 is 0. The van der Waals surface area contributed by atoms with Crippen LogP contribution in [0.2, 0.25) is 0 Å². The lowest BCUT2D eigenvalue weighted by atomic mass is 10.0. The van der Waals surface area contributed by atoms with E-state index in [9.17, 15) is 4.79 Å². The summed E-state index contributed by atoms with van der Waals surface area (Å²) in [6.07, 6.45) is 2.73. The Labute approximate surface area is 121 Å². The Morgan fingerprint density at radius 3 is 2.40 bits per heavy atom. The molecule has 0 heterocycles. The Morgan fingerprint density at radius 1 is 1.20 bits per heavy atom. The molecule has 0 radical (unpaired) electrons. The molecule has 0 aromatic rings. The Kier molecular flexibility index (Phi) is 9.92. The largest absolute Gasteiger partial charge is 0.500 e. The van der Waals surface area contributed by atoms with Gasteiger partial charge in [-0.1, -0.05) is 25.7 Å². The van der Waals surface area contributed by atoms with Crippen LogP contribution in [0.15, 0.2) is 11.8 Å². The molecule has 4 heteroatoms. The lowest BCUT2D eigenvalue weighted by Crippen LogP contribution is -2.22. The molecular weight excluding hydrogens is 256 g/mol. The molecule has 0 unspecified atom stereocenters. The summed E-state index contributed by atoms with van der Waals surface area (Å²) in [6, 6.07) is 0. The van der Waals surface area contributed by atoms with Gasteiger partial charge >= 0.3 is 5.97 Å². The minimum Gasteiger partial charge on any atom is -0.500 e. The minimum absolute atomic E-state index is 0.204. The second kappa shape index (κ2) is 11.0. The van der Waals surface area contributed by atoms with Crippen LogP contribution in [0.5, 0.6) is 0 Å². The first kappa shape index (κ1) is 18.1. The van der Waals surface area contributed by atoms with Gasteiger partial charge in [0.1, 0.15) is 11.9 Å². The topological polar surface area (TPSA) is 44.8 Å². The van der Waals surface area contributed by atoms with Crippen molar-refractivity contribution >= 4 is 5.97 Å². The van der Waals surface area contributed by atoms with Crippen molar-refractivity contribution in [2.24, 2.45) is 5.92 Å². The summed E-state index contributed by atoms with van der Waals surface area (Å²) in [6.45, 7) is 3.92. The van der Waals surface area contributed by atoms with Gasteiger partial charge in [-0.2, -0.15) is 0 Å². The van der Waals surface area contributed by atoms with Crippen molar-refractivity contribution in [1.29, 1.82) is 0 Å². The highest BCUT2D eigenvalue weighted by Gasteiger charge is 2.20. The third kappa shape index (κ3) is 6.87. The van der Waals surface area contributed by atoms with Gasteiger partial charge in [-0.15, -0.1) is 0 Å². The highest BCUT2D eigenvalue weighted by atomic mass is 16.5. The van der Waals surface area contributed by atoms with E-state index in [0.29, 0.717) is 5.76 Å². The zero-order valence-corrected chi connectivity index (χ0v) is 12.8. The first-order chi connectivity index (χ1) is 9.60. The van der Waals surface area contributed by atoms with Crippen molar-refractivity contribution in [3.63, 3.8) is 0 Å². The van der Waals surface area contributed by atoms with E-state index in [0.717, 1.165) is 12.8 Å². The van der Waals surface area contributed by atoms with Crippen LogP contribution in [0.3, 0.4) is 0 Å². The average molecular weight is 278 g/mol. The molecule has 0 bridgehead atoms. The van der Waals surface area contributed by atoms with Gasteiger partial charge in [0, 0.05) is 13.5 Å². The van der Waals surface area contributed by atoms with E-state index in [1.54, 1.807) is 7.11 Å². The number of hydrogen-bond donors (Lipinski definition) is 0. The molecule has 110 valence electrons. The summed E-state index contributed by atoms with van der Waals surface area (Å²) in [4.78, 5) is 11.3. The Balaban J connectivity index is 4.92. The van der Waals surface area contributed by atoms with E-state index >= 15 is 0 Å². The molecular formula is C16H22O4. The third-order valence-corrected chi connectivity index (χ3v) is 2.59. The van der Waals surface area contributed by atoms with Crippen molar-refractivity contribution in [2.75, 3.05) is 21.3 Å². The standard InChI is InChI=1S/C16H22O4/c1-6-7-8-9-10-11-14(18-3)13(2)15(19-4)12-16(17)20-5/h12-14H,6-7H2,1-5H3/b15-12+/t13-,14+/m1/s1. The van der Waals surface area contributed by atoms with Gasteiger partial charge in [0.25, 0.3) is 0 Å². The highest BCUT2D eigenvalue weighted by molar-refractivity contribution is 5.82. The zero-order chi connectivity index (χ0) is 15.4. The van der Waals surface area contributed by atoms with Crippen molar-refractivity contribution in [1.82, 2.24) is 0 Å². The van der Waals surface area contributed by atoms with Crippen LogP contribution in [0.4, 0.5) is 0 Å². The van der Waals surface area contributed by atoms with Crippen molar-refractivity contribution in [3.05, 3.63) is 11.8 Å². The van der Waals surface area contributed by atoms with Gasteiger partial charge in [0.05, 0.1) is 26.2 Å². The predicted molar refractivity (Wildman–Crippen MR) is 77.5 cm³/mol. The fourth-order valence-electron chi connectivity index (χ4n) is 1.43. The molecule has 0 aromatic heterocycles.